The summed E-state index contributed by atoms with van der Waals surface area (Å²) >= 11 is 0. The number of nitrogens with zero attached hydrogens (tertiary/aromatic N) is 1. The highest BCUT2D eigenvalue weighted by Crippen LogP contribution is 2.49. The molecule has 4 nitrogen and oxygen atoms in total. The summed E-state index contributed by atoms with van der Waals surface area (Å²) < 4.78 is 0. The molecule has 2 rings (SSSR count). The molecule has 0 amide bonds. The van der Waals surface area contributed by atoms with Crippen LogP contribution in [0.3, 0.4) is 0 Å². The normalized spacial score (nSPS) is 27.9. The highest BCUT2D eigenvalue weighted by atomic mass is 16.3. The molecule has 2 aliphatic rings. The van der Waals surface area contributed by atoms with Crippen LogP contribution in [0.15, 0.2) is 0 Å². The molecule has 4 heteroatoms. The van der Waals surface area contributed by atoms with Crippen molar-refractivity contribution in [3.05, 3.63) is 0 Å². The standard InChI is InChI=1S/C13H25N3O/c14-12(15)8-13(4-5-13)10-16-6-1-2-11(9-16)3-7-17/h11,17H,1-10H2,(H3,14,15). The maximum absolute atomic E-state index is 9.01. The summed E-state index contributed by atoms with van der Waals surface area (Å²) in [6, 6.07) is 0. The number of hydrogen-bond acceptors (Lipinski definition) is 3. The van der Waals surface area contributed by atoms with E-state index >= 15 is 0 Å². The molecule has 0 aromatic heterocycles. The van der Waals surface area contributed by atoms with Crippen molar-refractivity contribution in [3.8, 4) is 0 Å². The Kier molecular flexibility index (Phi) is 4.05. The van der Waals surface area contributed by atoms with Gasteiger partial charge in [0, 0.05) is 26.1 Å². The van der Waals surface area contributed by atoms with E-state index in [1.165, 1.54) is 32.2 Å². The maximum atomic E-state index is 9.01. The predicted octanol–water partition coefficient (Wildman–Crippen LogP) is 1.19. The largest absolute Gasteiger partial charge is 0.396 e. The third-order valence-electron chi connectivity index (χ3n) is 4.22. The second kappa shape index (κ2) is 5.36. The van der Waals surface area contributed by atoms with E-state index in [2.05, 4.69) is 4.90 Å². The van der Waals surface area contributed by atoms with Gasteiger partial charge in [-0.25, -0.2) is 0 Å². The van der Waals surface area contributed by atoms with Gasteiger partial charge in [-0.15, -0.1) is 0 Å². The minimum absolute atomic E-state index is 0.317. The molecule has 1 aliphatic heterocycles. The van der Waals surface area contributed by atoms with Gasteiger partial charge in [0.15, 0.2) is 0 Å². The highest BCUT2D eigenvalue weighted by molar-refractivity contribution is 5.78. The zero-order chi connectivity index (χ0) is 12.3. The Hall–Kier alpha value is -0.610. The Labute approximate surface area is 104 Å². The van der Waals surface area contributed by atoms with Crippen molar-refractivity contribution >= 4 is 5.84 Å². The van der Waals surface area contributed by atoms with Gasteiger partial charge in [-0.1, -0.05) is 0 Å². The fourth-order valence-corrected chi connectivity index (χ4v) is 3.16. The van der Waals surface area contributed by atoms with Crippen molar-refractivity contribution in [2.45, 2.75) is 38.5 Å². The molecule has 1 unspecified atom stereocenters. The SMILES string of the molecule is N=C(N)CC1(CN2CCCC(CCO)C2)CC1. The van der Waals surface area contributed by atoms with E-state index < -0.39 is 0 Å². The van der Waals surface area contributed by atoms with Crippen LogP contribution < -0.4 is 5.73 Å². The minimum atomic E-state index is 0.317. The molecule has 0 aromatic rings. The maximum Gasteiger partial charge on any atom is 0.0911 e. The average molecular weight is 239 g/mol. The molecule has 2 fully saturated rings. The van der Waals surface area contributed by atoms with E-state index in [0.29, 0.717) is 23.8 Å². The first-order valence-corrected chi connectivity index (χ1v) is 6.80. The van der Waals surface area contributed by atoms with Gasteiger partial charge in [0.05, 0.1) is 5.84 Å². The number of aliphatic hydroxyl groups is 1. The van der Waals surface area contributed by atoms with Crippen LogP contribution in [-0.2, 0) is 0 Å². The number of nitrogens with one attached hydrogen (secondary N) is 1. The van der Waals surface area contributed by atoms with Crippen molar-refractivity contribution in [2.75, 3.05) is 26.2 Å². The van der Waals surface area contributed by atoms with E-state index in [-0.39, 0.29) is 0 Å². The van der Waals surface area contributed by atoms with Gasteiger partial charge in [-0.2, -0.15) is 0 Å². The van der Waals surface area contributed by atoms with E-state index in [1.54, 1.807) is 0 Å². The quantitative estimate of drug-likeness (QED) is 0.481. The number of likely N-dealkylation sites (tertiary alicyclic amines) is 1. The summed E-state index contributed by atoms with van der Waals surface area (Å²) in [7, 11) is 0. The average Bonchev–Trinajstić information content (AvgIpc) is 2.97. The van der Waals surface area contributed by atoms with Gasteiger partial charge >= 0.3 is 0 Å². The van der Waals surface area contributed by atoms with Crippen molar-refractivity contribution in [3.63, 3.8) is 0 Å². The number of amidine groups is 1. The summed E-state index contributed by atoms with van der Waals surface area (Å²) in [4.78, 5) is 2.53. The third kappa shape index (κ3) is 3.68. The summed E-state index contributed by atoms with van der Waals surface area (Å²) in [6.07, 6.45) is 6.68. The van der Waals surface area contributed by atoms with E-state index in [0.717, 1.165) is 25.9 Å². The van der Waals surface area contributed by atoms with Crippen molar-refractivity contribution in [1.29, 1.82) is 5.41 Å². The van der Waals surface area contributed by atoms with E-state index in [1.807, 2.05) is 0 Å². The molecule has 1 saturated carbocycles. The van der Waals surface area contributed by atoms with Crippen molar-refractivity contribution < 1.29 is 5.11 Å². The van der Waals surface area contributed by atoms with Crippen LogP contribution in [0.4, 0.5) is 0 Å². The molecule has 0 aromatic carbocycles. The number of hydrogen-bond donors (Lipinski definition) is 3. The first kappa shape index (κ1) is 12.8. The monoisotopic (exact) mass is 239 g/mol. The molecule has 98 valence electrons. The van der Waals surface area contributed by atoms with Crippen LogP contribution in [0.1, 0.15) is 38.5 Å². The molecule has 1 saturated heterocycles. The van der Waals surface area contributed by atoms with Gasteiger partial charge in [0.1, 0.15) is 0 Å². The van der Waals surface area contributed by atoms with Crippen LogP contribution in [0.25, 0.3) is 0 Å². The molecule has 0 spiro atoms. The Morgan fingerprint density at radius 3 is 2.82 bits per heavy atom. The lowest BCUT2D eigenvalue weighted by molar-refractivity contribution is 0.127. The topological polar surface area (TPSA) is 73.3 Å². The molecular weight excluding hydrogens is 214 g/mol. The fraction of sp³-hybridized carbons (Fsp3) is 0.923. The van der Waals surface area contributed by atoms with Crippen molar-refractivity contribution in [2.24, 2.45) is 17.1 Å². The second-order valence-corrected chi connectivity index (χ2v) is 5.96. The number of nitrogens with two attached hydrogens (primary N) is 1. The van der Waals surface area contributed by atoms with Crippen LogP contribution in [-0.4, -0.2) is 42.1 Å². The van der Waals surface area contributed by atoms with Gasteiger partial charge in [-0.05, 0) is 50.0 Å². The van der Waals surface area contributed by atoms with E-state index in [9.17, 15) is 0 Å². The molecule has 17 heavy (non-hydrogen) atoms. The zero-order valence-electron chi connectivity index (χ0n) is 10.6. The molecule has 0 bridgehead atoms. The second-order valence-electron chi connectivity index (χ2n) is 5.96. The highest BCUT2D eigenvalue weighted by Gasteiger charge is 2.44. The number of aliphatic hydroxyl groups excluding tert-OH is 1. The summed E-state index contributed by atoms with van der Waals surface area (Å²) in [6.45, 7) is 3.73. The van der Waals surface area contributed by atoms with Crippen LogP contribution in [0, 0.1) is 16.7 Å². The Morgan fingerprint density at radius 2 is 2.24 bits per heavy atom. The Bertz CT molecular complexity index is 274. The molecule has 4 N–H and O–H groups in total. The molecule has 1 atom stereocenters. The summed E-state index contributed by atoms with van der Waals surface area (Å²) in [5.41, 5.74) is 5.86. The number of rotatable bonds is 6. The van der Waals surface area contributed by atoms with E-state index in [4.69, 9.17) is 16.2 Å². The first-order chi connectivity index (χ1) is 8.13. The molecule has 1 heterocycles. The third-order valence-corrected chi connectivity index (χ3v) is 4.22. The molecule has 1 aliphatic carbocycles. The summed E-state index contributed by atoms with van der Waals surface area (Å²) in [5.74, 6) is 1.01. The summed E-state index contributed by atoms with van der Waals surface area (Å²) in [5, 5.41) is 16.4. The van der Waals surface area contributed by atoms with Gasteiger partial charge in [-0.3, -0.25) is 5.41 Å². The van der Waals surface area contributed by atoms with Crippen LogP contribution in [0.2, 0.25) is 0 Å². The van der Waals surface area contributed by atoms with Gasteiger partial charge in [0.25, 0.3) is 0 Å². The first-order valence-electron chi connectivity index (χ1n) is 6.80. The smallest absolute Gasteiger partial charge is 0.0911 e. The Morgan fingerprint density at radius 1 is 1.47 bits per heavy atom. The molecule has 0 radical (unpaired) electrons. The predicted molar refractivity (Wildman–Crippen MR) is 69.1 cm³/mol. The lowest BCUT2D eigenvalue weighted by atomic mass is 9.93. The van der Waals surface area contributed by atoms with Crippen LogP contribution >= 0.6 is 0 Å². The van der Waals surface area contributed by atoms with Crippen molar-refractivity contribution in [1.82, 2.24) is 4.90 Å². The minimum Gasteiger partial charge on any atom is -0.396 e. The van der Waals surface area contributed by atoms with Crippen LogP contribution in [0.5, 0.6) is 0 Å². The van der Waals surface area contributed by atoms with Gasteiger partial charge in [0.2, 0.25) is 0 Å². The number of piperidine rings is 1. The van der Waals surface area contributed by atoms with Gasteiger partial charge < -0.3 is 15.7 Å². The Balaban J connectivity index is 1.80. The lowest BCUT2D eigenvalue weighted by Crippen LogP contribution is -2.40. The zero-order valence-corrected chi connectivity index (χ0v) is 10.6. The molecular formula is C13H25N3O. The fourth-order valence-electron chi connectivity index (χ4n) is 3.16. The lowest BCUT2D eigenvalue weighted by Gasteiger charge is -2.35.